The van der Waals surface area contributed by atoms with E-state index in [9.17, 15) is 37.5 Å². The number of aromatic nitrogens is 5. The summed E-state index contributed by atoms with van der Waals surface area (Å²) in [5.41, 5.74) is -1.52. The van der Waals surface area contributed by atoms with E-state index in [4.69, 9.17) is 27.9 Å². The largest absolute Gasteiger partial charge is 0.416 e. The van der Waals surface area contributed by atoms with E-state index in [1.807, 2.05) is 0 Å². The van der Waals surface area contributed by atoms with Crippen molar-refractivity contribution in [2.75, 3.05) is 0 Å². The number of alkyl halides is 3. The Bertz CT molecular complexity index is 1670. The Morgan fingerprint density at radius 2 is 1.82 bits per heavy atom. The smallest absolute Gasteiger partial charge is 0.391 e. The predicted octanol–water partition coefficient (Wildman–Crippen LogP) is 4.11. The zero-order valence-corrected chi connectivity index (χ0v) is 21.7. The highest BCUT2D eigenvalue weighted by molar-refractivity contribution is 6.31. The highest BCUT2D eigenvalue weighted by Gasteiger charge is 2.39. The molecule has 4 aromatic rings. The maximum absolute atomic E-state index is 14.0. The highest BCUT2D eigenvalue weighted by atomic mass is 35.5. The number of halogens is 6. The summed E-state index contributed by atoms with van der Waals surface area (Å²) < 4.78 is 61.0. The summed E-state index contributed by atoms with van der Waals surface area (Å²) in [5.74, 6) is -1.79. The van der Waals surface area contributed by atoms with Gasteiger partial charge in [-0.2, -0.15) is 28.1 Å². The summed E-state index contributed by atoms with van der Waals surface area (Å²) in [5, 5.41) is 24.1. The van der Waals surface area contributed by atoms with Crippen LogP contribution in [0, 0.1) is 17.1 Å². The van der Waals surface area contributed by atoms with Crippen LogP contribution in [-0.4, -0.2) is 47.3 Å². The minimum atomic E-state index is -5.06. The molecule has 1 atom stereocenters. The molecule has 208 valence electrons. The zero-order chi connectivity index (χ0) is 29.4. The first-order chi connectivity index (χ1) is 18.8. The van der Waals surface area contributed by atoms with Crippen molar-refractivity contribution in [1.29, 1.82) is 5.26 Å². The van der Waals surface area contributed by atoms with Gasteiger partial charge in [0.2, 0.25) is 0 Å². The predicted molar refractivity (Wildman–Crippen MR) is 133 cm³/mol. The van der Waals surface area contributed by atoms with Gasteiger partial charge in [0.25, 0.3) is 0 Å². The second kappa shape index (κ2) is 11.1. The first-order valence-electron chi connectivity index (χ1n) is 11.1. The Hall–Kier alpha value is -4.19. The molecular formula is C24H16Cl2F4N6O4. The number of nitrogens with zero attached hydrogens (tertiary/aromatic N) is 6. The zero-order valence-electron chi connectivity index (χ0n) is 20.2. The number of aliphatic hydroxyl groups is 1. The number of esters is 1. The summed E-state index contributed by atoms with van der Waals surface area (Å²) >= 11 is 11.8. The number of carbonyl (C=O) groups is 1. The lowest BCUT2D eigenvalue weighted by Crippen LogP contribution is -2.37. The summed E-state index contributed by atoms with van der Waals surface area (Å²) in [4.78, 5) is 29.0. The van der Waals surface area contributed by atoms with Gasteiger partial charge in [-0.25, -0.2) is 9.18 Å². The van der Waals surface area contributed by atoms with Crippen LogP contribution >= 0.6 is 23.2 Å². The third-order valence-electron chi connectivity index (χ3n) is 5.43. The molecule has 2 heterocycles. The molecule has 0 aliphatic carbocycles. The molecule has 0 radical (unpaired) electrons. The Balaban J connectivity index is 1.88. The molecule has 1 unspecified atom stereocenters. The molecule has 10 nitrogen and oxygen atoms in total. The third-order valence-corrected chi connectivity index (χ3v) is 5.90. The van der Waals surface area contributed by atoms with E-state index in [0.717, 1.165) is 28.3 Å². The number of hydrogen-bond donors (Lipinski definition) is 1. The fourth-order valence-corrected chi connectivity index (χ4v) is 4.11. The van der Waals surface area contributed by atoms with Crippen molar-refractivity contribution in [2.45, 2.75) is 32.3 Å². The van der Waals surface area contributed by atoms with E-state index in [2.05, 4.69) is 10.1 Å². The van der Waals surface area contributed by atoms with Crippen LogP contribution in [0.1, 0.15) is 18.4 Å². The van der Waals surface area contributed by atoms with E-state index in [1.165, 1.54) is 30.3 Å². The minimum Gasteiger partial charge on any atom is -0.391 e. The summed E-state index contributed by atoms with van der Waals surface area (Å²) in [7, 11) is 0. The number of aliphatic hydroxyl groups excluding tert-OH is 1. The summed E-state index contributed by atoms with van der Waals surface area (Å²) in [6.45, 7) is -0.730. The van der Waals surface area contributed by atoms with E-state index in [1.54, 1.807) is 6.07 Å². The van der Waals surface area contributed by atoms with Crippen molar-refractivity contribution in [1.82, 2.24) is 23.9 Å². The highest BCUT2D eigenvalue weighted by Crippen LogP contribution is 2.28. The summed E-state index contributed by atoms with van der Waals surface area (Å²) in [6, 6.07) is 10.3. The van der Waals surface area contributed by atoms with Crippen LogP contribution in [0.2, 0.25) is 10.0 Å². The van der Waals surface area contributed by atoms with E-state index in [-0.39, 0.29) is 38.5 Å². The number of ether oxygens (including phenoxy) is 1. The van der Waals surface area contributed by atoms with Gasteiger partial charge in [-0.1, -0.05) is 35.3 Å². The molecule has 0 aliphatic heterocycles. The standard InChI is InChI=1S/C24H16Cl2F4N6O4/c1-12(37)40-22-32-20(33-36(22)17-7-15(26)6-16(27)8-17)11-34-18(9-31)21(13-2-4-14(25)5-3-13)35(23(34)39)10-19(38)24(28,29)30/h2-8,19,38H,10-11H2,1H3. The van der Waals surface area contributed by atoms with Gasteiger partial charge in [0, 0.05) is 22.5 Å². The maximum atomic E-state index is 14.0. The minimum absolute atomic E-state index is 0.000534. The van der Waals surface area contributed by atoms with Gasteiger partial charge >= 0.3 is 23.8 Å². The number of nitriles is 1. The molecule has 0 aliphatic rings. The second-order valence-electron chi connectivity index (χ2n) is 8.30. The van der Waals surface area contributed by atoms with Gasteiger partial charge in [-0.15, -0.1) is 5.10 Å². The van der Waals surface area contributed by atoms with Crippen LogP contribution < -0.4 is 10.4 Å². The molecular weight excluding hydrogens is 583 g/mol. The van der Waals surface area contributed by atoms with E-state index in [0.29, 0.717) is 4.57 Å². The van der Waals surface area contributed by atoms with Gasteiger partial charge in [0.05, 0.1) is 24.5 Å². The van der Waals surface area contributed by atoms with Gasteiger partial charge < -0.3 is 9.84 Å². The Kier molecular flexibility index (Phi) is 8.01. The third kappa shape index (κ3) is 6.01. The number of hydrogen-bond acceptors (Lipinski definition) is 7. The van der Waals surface area contributed by atoms with Crippen LogP contribution in [0.4, 0.5) is 17.6 Å². The first-order valence-corrected chi connectivity index (χ1v) is 11.9. The number of benzene rings is 2. The molecule has 40 heavy (non-hydrogen) atoms. The van der Waals surface area contributed by atoms with Gasteiger partial charge in [0.15, 0.2) is 11.9 Å². The summed E-state index contributed by atoms with van der Waals surface area (Å²) in [6.07, 6.45) is -7.99. The monoisotopic (exact) mass is 598 g/mol. The fourth-order valence-electron chi connectivity index (χ4n) is 3.77. The van der Waals surface area contributed by atoms with Crippen molar-refractivity contribution >= 4 is 29.2 Å². The molecule has 0 bridgehead atoms. The average Bonchev–Trinajstić information content (AvgIpc) is 3.36. The average molecular weight is 599 g/mol. The van der Waals surface area contributed by atoms with Crippen LogP contribution in [0.25, 0.3) is 16.9 Å². The Labute approximate surface area is 232 Å². The molecule has 2 aromatic heterocycles. The SMILES string of the molecule is CC(=O)Oc1nc(Cn2c(C#N)c(-c3ccc(Cl)cc3)n(CC(O)C(F)(F)F)c2=O)nn1-c1cc(F)cc(Cl)c1. The lowest BCUT2D eigenvalue weighted by Gasteiger charge is -2.16. The number of rotatable bonds is 7. The normalized spacial score (nSPS) is 12.3. The molecule has 0 saturated heterocycles. The van der Waals surface area contributed by atoms with E-state index < -0.39 is 48.9 Å². The molecule has 2 aromatic carbocycles. The van der Waals surface area contributed by atoms with E-state index >= 15 is 0 Å². The van der Waals surface area contributed by atoms with Crippen molar-refractivity contribution in [3.05, 3.63) is 80.3 Å². The van der Waals surface area contributed by atoms with Crippen molar-refractivity contribution < 1.29 is 32.2 Å². The van der Waals surface area contributed by atoms with Gasteiger partial charge in [-0.3, -0.25) is 13.9 Å². The van der Waals surface area contributed by atoms with Crippen LogP contribution in [0.5, 0.6) is 6.01 Å². The lowest BCUT2D eigenvalue weighted by atomic mass is 10.1. The lowest BCUT2D eigenvalue weighted by molar-refractivity contribution is -0.207. The van der Waals surface area contributed by atoms with Crippen molar-refractivity contribution in [3.8, 4) is 29.0 Å². The van der Waals surface area contributed by atoms with Crippen molar-refractivity contribution in [2.24, 2.45) is 0 Å². The Morgan fingerprint density at radius 3 is 2.40 bits per heavy atom. The van der Waals surface area contributed by atoms with Crippen molar-refractivity contribution in [3.63, 3.8) is 0 Å². The topological polar surface area (TPSA) is 128 Å². The Morgan fingerprint density at radius 1 is 1.15 bits per heavy atom. The van der Waals surface area contributed by atoms with Gasteiger partial charge in [-0.05, 0) is 30.3 Å². The molecule has 0 saturated carbocycles. The molecule has 1 N–H and O–H groups in total. The number of imidazole rings is 1. The molecule has 0 amide bonds. The molecule has 4 rings (SSSR count). The maximum Gasteiger partial charge on any atom is 0.416 e. The molecule has 16 heteroatoms. The quantitative estimate of drug-likeness (QED) is 0.250. The van der Waals surface area contributed by atoms with Crippen LogP contribution in [0.15, 0.2) is 47.3 Å². The van der Waals surface area contributed by atoms with Gasteiger partial charge in [0.1, 0.15) is 17.6 Å². The number of carbonyl (C=O) groups excluding carboxylic acids is 1. The first kappa shape index (κ1) is 28.8. The second-order valence-corrected chi connectivity index (χ2v) is 9.17. The van der Waals surface area contributed by atoms with Crippen LogP contribution in [0.3, 0.4) is 0 Å². The fraction of sp³-hybridized carbons (Fsp3) is 0.208. The van der Waals surface area contributed by atoms with Crippen LogP contribution in [-0.2, 0) is 17.9 Å². The molecule has 0 spiro atoms. The molecule has 0 fully saturated rings.